The highest BCUT2D eigenvalue weighted by Gasteiger charge is 2.12. The van der Waals surface area contributed by atoms with Crippen molar-refractivity contribution in [2.45, 2.75) is 4.90 Å². The number of anilines is 1. The highest BCUT2D eigenvalue weighted by molar-refractivity contribution is 7.98. The molecule has 0 saturated heterocycles. The third kappa shape index (κ3) is 4.97. The molecule has 0 radical (unpaired) electrons. The zero-order valence-corrected chi connectivity index (χ0v) is 13.7. The molecule has 0 aliphatic carbocycles. The lowest BCUT2D eigenvalue weighted by Crippen LogP contribution is -2.21. The summed E-state index contributed by atoms with van der Waals surface area (Å²) < 4.78 is 18.4. The molecule has 0 heterocycles. The molecule has 23 heavy (non-hydrogen) atoms. The van der Waals surface area contributed by atoms with Gasteiger partial charge in [0.2, 0.25) is 0 Å². The van der Waals surface area contributed by atoms with E-state index in [9.17, 15) is 14.0 Å². The number of hydrogen-bond donors (Lipinski definition) is 1. The highest BCUT2D eigenvalue weighted by atomic mass is 35.5. The maximum absolute atomic E-state index is 13.5. The van der Waals surface area contributed by atoms with Gasteiger partial charge in [0.15, 0.2) is 6.61 Å². The van der Waals surface area contributed by atoms with Crippen molar-refractivity contribution in [2.75, 3.05) is 18.2 Å². The maximum atomic E-state index is 13.5. The summed E-state index contributed by atoms with van der Waals surface area (Å²) in [6.45, 7) is -0.509. The number of ether oxygens (including phenoxy) is 1. The number of hydrogen-bond acceptors (Lipinski definition) is 4. The van der Waals surface area contributed by atoms with Crippen molar-refractivity contribution < 1.29 is 18.7 Å². The molecular formula is C16H13ClFNO3S. The molecular weight excluding hydrogens is 341 g/mol. The number of thioether (sulfide) groups is 1. The van der Waals surface area contributed by atoms with E-state index in [1.807, 2.05) is 6.26 Å². The van der Waals surface area contributed by atoms with Gasteiger partial charge in [0, 0.05) is 9.92 Å². The second kappa shape index (κ2) is 7.99. The zero-order chi connectivity index (χ0) is 16.8. The van der Waals surface area contributed by atoms with Gasteiger partial charge in [-0.25, -0.2) is 9.18 Å². The van der Waals surface area contributed by atoms with Gasteiger partial charge in [-0.05, 0) is 48.7 Å². The average Bonchev–Trinajstić information content (AvgIpc) is 2.55. The van der Waals surface area contributed by atoms with E-state index in [0.29, 0.717) is 5.56 Å². The van der Waals surface area contributed by atoms with Gasteiger partial charge in [0.25, 0.3) is 5.91 Å². The Labute approximate surface area is 142 Å². The smallest absolute Gasteiger partial charge is 0.338 e. The van der Waals surface area contributed by atoms with Gasteiger partial charge in [0.05, 0.1) is 11.3 Å². The van der Waals surface area contributed by atoms with Crippen molar-refractivity contribution in [1.29, 1.82) is 0 Å². The van der Waals surface area contributed by atoms with E-state index in [-0.39, 0.29) is 10.7 Å². The highest BCUT2D eigenvalue weighted by Crippen LogP contribution is 2.19. The molecule has 7 heteroatoms. The van der Waals surface area contributed by atoms with Crippen LogP contribution in [0.2, 0.25) is 5.02 Å². The van der Waals surface area contributed by atoms with Gasteiger partial charge in [-0.2, -0.15) is 0 Å². The van der Waals surface area contributed by atoms with Crippen molar-refractivity contribution in [3.8, 4) is 0 Å². The van der Waals surface area contributed by atoms with Gasteiger partial charge < -0.3 is 10.1 Å². The number of nitrogens with one attached hydrogen (secondary N) is 1. The molecule has 120 valence electrons. The van der Waals surface area contributed by atoms with Crippen LogP contribution in [0.4, 0.5) is 10.1 Å². The summed E-state index contributed by atoms with van der Waals surface area (Å²) >= 11 is 7.17. The summed E-state index contributed by atoms with van der Waals surface area (Å²) in [7, 11) is 0. The van der Waals surface area contributed by atoms with Crippen molar-refractivity contribution in [1.82, 2.24) is 0 Å². The monoisotopic (exact) mass is 353 g/mol. The molecule has 2 aromatic rings. The van der Waals surface area contributed by atoms with Crippen LogP contribution in [0.15, 0.2) is 47.4 Å². The first-order valence-electron chi connectivity index (χ1n) is 6.55. The first kappa shape index (κ1) is 17.3. The van der Waals surface area contributed by atoms with Crippen molar-refractivity contribution in [3.63, 3.8) is 0 Å². The van der Waals surface area contributed by atoms with Gasteiger partial charge >= 0.3 is 5.97 Å². The molecule has 0 bridgehead atoms. The average molecular weight is 354 g/mol. The minimum absolute atomic E-state index is 0.0280. The van der Waals surface area contributed by atoms with Crippen LogP contribution >= 0.6 is 23.4 Å². The standard InChI is InChI=1S/C16H13ClFNO3S/c1-23-12-5-2-10(3-6-12)16(21)22-9-15(20)19-14-7-4-11(17)8-13(14)18/h2-8H,9H2,1H3,(H,19,20). The summed E-state index contributed by atoms with van der Waals surface area (Å²) in [4.78, 5) is 24.5. The Hall–Kier alpha value is -2.05. The summed E-state index contributed by atoms with van der Waals surface area (Å²) in [5.41, 5.74) is 0.313. The van der Waals surface area contributed by atoms with E-state index in [4.69, 9.17) is 16.3 Å². The van der Waals surface area contributed by atoms with Crippen LogP contribution in [0.25, 0.3) is 0 Å². The molecule has 4 nitrogen and oxygen atoms in total. The fourth-order valence-corrected chi connectivity index (χ4v) is 2.29. The topological polar surface area (TPSA) is 55.4 Å². The number of halogens is 2. The minimum Gasteiger partial charge on any atom is -0.452 e. The first-order valence-corrected chi connectivity index (χ1v) is 8.16. The molecule has 0 aromatic heterocycles. The van der Waals surface area contributed by atoms with Crippen molar-refractivity contribution in [3.05, 3.63) is 58.9 Å². The van der Waals surface area contributed by atoms with Crippen LogP contribution in [0.5, 0.6) is 0 Å². The van der Waals surface area contributed by atoms with E-state index < -0.39 is 24.3 Å². The van der Waals surface area contributed by atoms with Gasteiger partial charge in [-0.3, -0.25) is 4.79 Å². The normalized spacial score (nSPS) is 10.2. The van der Waals surface area contributed by atoms with E-state index in [1.165, 1.54) is 12.1 Å². The summed E-state index contributed by atoms with van der Waals surface area (Å²) in [5, 5.41) is 2.53. The predicted molar refractivity (Wildman–Crippen MR) is 88.5 cm³/mol. The SMILES string of the molecule is CSc1ccc(C(=O)OCC(=O)Nc2ccc(Cl)cc2F)cc1. The second-order valence-corrected chi connectivity index (χ2v) is 5.79. The Kier molecular flexibility index (Phi) is 6.01. The molecule has 2 rings (SSSR count). The zero-order valence-electron chi connectivity index (χ0n) is 12.1. The molecule has 1 amide bonds. The van der Waals surface area contributed by atoms with Crippen LogP contribution in [-0.2, 0) is 9.53 Å². The largest absolute Gasteiger partial charge is 0.452 e. The molecule has 0 saturated carbocycles. The summed E-state index contributed by atoms with van der Waals surface area (Å²) in [6.07, 6.45) is 1.92. The Morgan fingerprint density at radius 3 is 2.52 bits per heavy atom. The number of esters is 1. The van der Waals surface area contributed by atoms with E-state index in [1.54, 1.807) is 36.0 Å². The third-order valence-corrected chi connectivity index (χ3v) is 3.84. The molecule has 1 N–H and O–H groups in total. The van der Waals surface area contributed by atoms with E-state index >= 15 is 0 Å². The molecule has 0 atom stereocenters. The van der Waals surface area contributed by atoms with Gasteiger partial charge in [-0.15, -0.1) is 11.8 Å². The van der Waals surface area contributed by atoms with Crippen LogP contribution < -0.4 is 5.32 Å². The van der Waals surface area contributed by atoms with E-state index in [0.717, 1.165) is 11.0 Å². The second-order valence-electron chi connectivity index (χ2n) is 4.48. The number of rotatable bonds is 5. The number of amides is 1. The quantitative estimate of drug-likeness (QED) is 0.652. The first-order chi connectivity index (χ1) is 11.0. The predicted octanol–water partition coefficient (Wildman–Crippen LogP) is 4.00. The van der Waals surface area contributed by atoms with Gasteiger partial charge in [0.1, 0.15) is 5.82 Å². The van der Waals surface area contributed by atoms with Crippen molar-refractivity contribution >= 4 is 40.9 Å². The lowest BCUT2D eigenvalue weighted by molar-refractivity contribution is -0.119. The molecule has 0 unspecified atom stereocenters. The number of carbonyl (C=O) groups is 2. The lowest BCUT2D eigenvalue weighted by atomic mass is 10.2. The summed E-state index contributed by atoms with van der Waals surface area (Å²) in [5.74, 6) is -1.92. The van der Waals surface area contributed by atoms with Crippen LogP contribution in [-0.4, -0.2) is 24.7 Å². The molecule has 2 aromatic carbocycles. The Balaban J connectivity index is 1.89. The number of carbonyl (C=O) groups excluding carboxylic acids is 2. The minimum atomic E-state index is -0.662. The summed E-state index contributed by atoms with van der Waals surface area (Å²) in [6, 6.07) is 10.7. The number of benzene rings is 2. The van der Waals surface area contributed by atoms with E-state index in [2.05, 4.69) is 5.32 Å². The molecule has 0 fully saturated rings. The van der Waals surface area contributed by atoms with Gasteiger partial charge in [-0.1, -0.05) is 11.6 Å². The molecule has 0 aliphatic heterocycles. The van der Waals surface area contributed by atoms with Crippen LogP contribution in [0.1, 0.15) is 10.4 Å². The fraction of sp³-hybridized carbons (Fsp3) is 0.125. The molecule has 0 aliphatic rings. The van der Waals surface area contributed by atoms with Crippen molar-refractivity contribution in [2.24, 2.45) is 0 Å². The Morgan fingerprint density at radius 1 is 1.22 bits per heavy atom. The third-order valence-electron chi connectivity index (χ3n) is 2.87. The molecule has 0 spiro atoms. The maximum Gasteiger partial charge on any atom is 0.338 e. The lowest BCUT2D eigenvalue weighted by Gasteiger charge is -2.08. The Bertz CT molecular complexity index is 722. The van der Waals surface area contributed by atoms with Crippen LogP contribution in [0, 0.1) is 5.82 Å². The Morgan fingerprint density at radius 2 is 1.91 bits per heavy atom. The van der Waals surface area contributed by atoms with Crippen LogP contribution in [0.3, 0.4) is 0 Å². The fourth-order valence-electron chi connectivity index (χ4n) is 1.72.